The maximum Gasteiger partial charge on any atom is 0.227 e. The Morgan fingerprint density at radius 2 is 0.696 bits per heavy atom. The second kappa shape index (κ2) is 32.0. The van der Waals surface area contributed by atoms with Crippen LogP contribution >= 0.6 is 0 Å². The summed E-state index contributed by atoms with van der Waals surface area (Å²) in [7, 11) is 10.1. The molecule has 0 spiro atoms. The van der Waals surface area contributed by atoms with Gasteiger partial charge in [-0.3, -0.25) is 19.9 Å². The number of pyridine rings is 10. The Balaban J connectivity index is 0.000000111. The van der Waals surface area contributed by atoms with E-state index in [2.05, 4.69) is 212 Å². The Hall–Kier alpha value is -13.4. The summed E-state index contributed by atoms with van der Waals surface area (Å²) in [4.78, 5) is 22.3. The number of nitrogens with zero attached hydrogens (tertiary/aromatic N) is 10. The molecule has 0 N–H and O–H groups in total. The Morgan fingerprint density at radius 3 is 1.24 bits per heavy atom. The van der Waals surface area contributed by atoms with E-state index in [4.69, 9.17) is 27.6 Å². The van der Waals surface area contributed by atoms with Crippen LogP contribution in [-0.4, -0.2) is 24.9 Å². The van der Waals surface area contributed by atoms with Crippen molar-refractivity contribution in [2.45, 2.75) is 101 Å². The van der Waals surface area contributed by atoms with Gasteiger partial charge in [-0.15, -0.1) is 0 Å². The number of hydrogen-bond donors (Lipinski definition) is 0. The molecule has 0 aliphatic rings. The van der Waals surface area contributed by atoms with E-state index in [0.717, 1.165) is 202 Å². The molecule has 0 saturated heterocycles. The lowest BCUT2D eigenvalue weighted by atomic mass is 10.0. The van der Waals surface area contributed by atoms with Crippen molar-refractivity contribution in [3.05, 3.63) is 300 Å². The topological polar surface area (TPSA) is 150 Å². The van der Waals surface area contributed by atoms with Crippen LogP contribution in [0.2, 0.25) is 0 Å². The van der Waals surface area contributed by atoms with Crippen LogP contribution in [0.5, 0.6) is 0 Å². The summed E-state index contributed by atoms with van der Waals surface area (Å²) in [6.45, 7) is 20.0. The predicted octanol–water partition coefficient (Wildman–Crippen LogP) is 21.7. The second-order valence-electron chi connectivity index (χ2n) is 29.4. The highest BCUT2D eigenvalue weighted by molar-refractivity contribution is 6.12. The molecule has 0 unspecified atom stereocenters. The summed E-state index contributed by atoms with van der Waals surface area (Å²) in [5.41, 5.74) is 31.8. The van der Waals surface area contributed by atoms with E-state index in [1.807, 2.05) is 152 Å². The molecule has 0 saturated carbocycles. The summed E-state index contributed by atoms with van der Waals surface area (Å²) in [6, 6.07) is 59.1. The van der Waals surface area contributed by atoms with Gasteiger partial charge in [-0.25, -0.2) is 27.8 Å². The van der Waals surface area contributed by atoms with Crippen molar-refractivity contribution in [2.24, 2.45) is 35.2 Å². The average Bonchev–Trinajstić information content (AvgIpc) is 1.60. The molecule has 0 radical (unpaired) electrons. The third-order valence-electron chi connectivity index (χ3n) is 22.0. The van der Waals surface area contributed by atoms with Gasteiger partial charge in [0.15, 0.2) is 58.9 Å². The third-order valence-corrected chi connectivity index (χ3v) is 22.0. The van der Waals surface area contributed by atoms with Crippen LogP contribution in [0, 0.1) is 34.6 Å². The highest BCUT2D eigenvalue weighted by atomic mass is 16.3. The lowest BCUT2D eigenvalue weighted by Crippen LogP contribution is -2.31. The van der Waals surface area contributed by atoms with Crippen molar-refractivity contribution in [3.63, 3.8) is 0 Å². The minimum atomic E-state index is -1.37. The summed E-state index contributed by atoms with van der Waals surface area (Å²) in [5, 5.41) is 8.47. The number of fused-ring (bicyclic) bond motifs is 15. The van der Waals surface area contributed by atoms with Crippen molar-refractivity contribution >= 4 is 110 Å². The zero-order chi connectivity index (χ0) is 83.5. The molecule has 20 aromatic rings. The zero-order valence-corrected chi connectivity index (χ0v) is 67.7. The summed E-state index contributed by atoms with van der Waals surface area (Å²) in [5.74, 6) is 0. The first-order chi connectivity index (χ1) is 57.3. The van der Waals surface area contributed by atoms with Gasteiger partial charge in [0.05, 0.1) is 27.9 Å². The van der Waals surface area contributed by atoms with Crippen molar-refractivity contribution in [1.82, 2.24) is 24.9 Å². The molecule has 570 valence electrons. The van der Waals surface area contributed by atoms with Crippen LogP contribution in [0.1, 0.15) is 95.9 Å². The van der Waals surface area contributed by atoms with E-state index >= 15 is 0 Å². The van der Waals surface area contributed by atoms with Crippen LogP contribution in [0.4, 0.5) is 0 Å². The molecule has 0 bridgehead atoms. The number of furan rings is 5. The quantitative estimate of drug-likeness (QED) is 0.121. The summed E-state index contributed by atoms with van der Waals surface area (Å²) >= 11 is 0. The number of aryl methyl sites for hydroxylation is 15. The molecule has 0 atom stereocenters. The Labute approximate surface area is 674 Å². The first-order valence-electron chi connectivity index (χ1n) is 41.1. The van der Waals surface area contributed by atoms with Crippen molar-refractivity contribution < 1.29 is 50.4 Å². The van der Waals surface area contributed by atoms with Gasteiger partial charge in [0, 0.05) is 144 Å². The van der Waals surface area contributed by atoms with Gasteiger partial charge < -0.3 is 22.1 Å². The predicted molar refractivity (Wildman–Crippen MR) is 461 cm³/mol. The Kier molecular flexibility index (Phi) is 19.7. The maximum absolute atomic E-state index is 7.92. The molecule has 115 heavy (non-hydrogen) atoms. The van der Waals surface area contributed by atoms with E-state index in [1.54, 1.807) is 32.4 Å². The molecule has 0 aliphatic heterocycles. The lowest BCUT2D eigenvalue weighted by molar-refractivity contribution is -0.660. The Morgan fingerprint density at radius 1 is 0.287 bits per heavy atom. The molecule has 15 nitrogen and oxygen atoms in total. The molecule has 15 heterocycles. The van der Waals surface area contributed by atoms with Crippen LogP contribution in [-0.2, 0) is 67.2 Å². The van der Waals surface area contributed by atoms with Crippen LogP contribution in [0.3, 0.4) is 0 Å². The van der Waals surface area contributed by atoms with Crippen molar-refractivity contribution in [1.29, 1.82) is 0 Å². The first kappa shape index (κ1) is 70.7. The highest BCUT2D eigenvalue weighted by Gasteiger charge is 2.28. The van der Waals surface area contributed by atoms with Crippen LogP contribution < -0.4 is 22.8 Å². The minimum absolute atomic E-state index is 0.648. The lowest BCUT2D eigenvalue weighted by Gasteiger charge is -2.06. The van der Waals surface area contributed by atoms with Crippen molar-refractivity contribution in [2.75, 3.05) is 0 Å². The van der Waals surface area contributed by atoms with E-state index in [-0.39, 0.29) is 0 Å². The number of aromatic nitrogens is 10. The standard InChI is InChI=1S/5C20H19N2O/c1-4-14-6-8-17(22(3)12-14)19-13(2)5-7-15-16-11-21-10-9-18(16)23-20(15)19;1-4-14-8-10-16(22(3)12-14)18-13(2)7-9-15-19-17(23-20(15)18)6-5-11-21-19;1-4-14-8-10-17(22(3)12-14)18-13(2)7-9-15-16-6-5-11-21-20(16)23-19(15)18;1-4-14-9-10-17(22(3)12-14)19-13(2)21-11-16-15-7-5-6-8-18(15)23-20(16)19;1-4-14-9-10-16(22(3)12-14)18-13(2)11-21-19-15-7-5-6-8-17(15)23-20(18)19/h5*5-12H,4H2,1-3H3/q5*+1/i2*4D2;;;. The SMILES string of the molecule is CCc1ccc(-c2c(C)ccc3c2oc2ncccc23)[n+](C)c1.CCc1ccc(-c2c(C)cnc3c2oc2ccccc23)[n+](C)c1.CCc1ccc(-c2c(C)ncc3c2oc2ccccc23)[n+](C)c1.[2H]C([2H])(C)c1ccc(-c2c(C)ccc3c2oc2cccnc23)[n+](C)c1.[2H]C([2H])(C)c1ccc(-c2c(C)ccc3c2oc2ccncc23)[n+](C)c1. The highest BCUT2D eigenvalue weighted by Crippen LogP contribution is 2.42. The molecule has 5 aromatic carbocycles. The summed E-state index contributed by atoms with van der Waals surface area (Å²) in [6.07, 6.45) is 21.5. The van der Waals surface area contributed by atoms with E-state index in [9.17, 15) is 0 Å². The number of para-hydroxylation sites is 2. The Bertz CT molecular complexity index is 6750. The van der Waals surface area contributed by atoms with Crippen LogP contribution in [0.15, 0.2) is 266 Å². The normalized spacial score (nSPS) is 12.2. The maximum atomic E-state index is 7.92. The van der Waals surface area contributed by atoms with Gasteiger partial charge in [0.2, 0.25) is 34.2 Å². The molecule has 15 aromatic heterocycles. The van der Waals surface area contributed by atoms with E-state index in [0.29, 0.717) is 16.8 Å². The largest absolute Gasteiger partial charge is 0.455 e. The fourth-order valence-electron chi connectivity index (χ4n) is 15.8. The smallest absolute Gasteiger partial charge is 0.227 e. The molecule has 0 fully saturated rings. The molecule has 15 heteroatoms. The average molecular weight is 1520 g/mol. The van der Waals surface area contributed by atoms with E-state index in [1.165, 1.54) is 22.3 Å². The fourth-order valence-corrected chi connectivity index (χ4v) is 15.8. The van der Waals surface area contributed by atoms with E-state index < -0.39 is 12.7 Å². The number of benzene rings is 5. The molecular weight excluding hydrogens is 1420 g/mol. The van der Waals surface area contributed by atoms with Gasteiger partial charge in [-0.2, -0.15) is 0 Å². The molecule has 0 amide bonds. The fraction of sp³-hybridized carbons (Fsp3) is 0.200. The second-order valence-corrected chi connectivity index (χ2v) is 29.4. The van der Waals surface area contributed by atoms with Crippen LogP contribution in [0.25, 0.3) is 166 Å². The van der Waals surface area contributed by atoms with Gasteiger partial charge in [-0.1, -0.05) is 95.3 Å². The van der Waals surface area contributed by atoms with Gasteiger partial charge in [-0.05, 0) is 174 Å². The van der Waals surface area contributed by atoms with Gasteiger partial charge >= 0.3 is 0 Å². The summed E-state index contributed by atoms with van der Waals surface area (Å²) < 4.78 is 72.8. The first-order valence-corrected chi connectivity index (χ1v) is 39.1. The third kappa shape index (κ3) is 14.3. The minimum Gasteiger partial charge on any atom is -0.455 e. The molecule has 0 aliphatic carbocycles. The monoisotopic (exact) mass is 1520 g/mol. The molecular formula is C100H95N10O5+5. The van der Waals surface area contributed by atoms with Gasteiger partial charge in [0.25, 0.3) is 0 Å². The zero-order valence-electron chi connectivity index (χ0n) is 71.7. The van der Waals surface area contributed by atoms with Crippen molar-refractivity contribution in [3.8, 4) is 56.3 Å². The number of hydrogen-bond acceptors (Lipinski definition) is 10. The van der Waals surface area contributed by atoms with Gasteiger partial charge in [0.1, 0.15) is 74.2 Å². The number of rotatable bonds is 10. The molecule has 20 rings (SSSR count).